The third-order valence-electron chi connectivity index (χ3n) is 2.32. The Bertz CT molecular complexity index is 422. The van der Waals surface area contributed by atoms with Crippen LogP contribution in [-0.2, 0) is 0 Å². The predicted molar refractivity (Wildman–Crippen MR) is 54.9 cm³/mol. The van der Waals surface area contributed by atoms with E-state index in [0.717, 1.165) is 18.9 Å². The minimum absolute atomic E-state index is 0. The first-order valence-corrected chi connectivity index (χ1v) is 4.51. The average Bonchev–Trinajstić information content (AvgIpc) is 2.65. The molecule has 2 aromatic rings. The molecular formula is C9H10ClN3O2. The lowest BCUT2D eigenvalue weighted by Crippen LogP contribution is -2.40. The van der Waals surface area contributed by atoms with E-state index in [1.807, 2.05) is 0 Å². The topological polar surface area (TPSA) is 64.1 Å². The molecule has 1 fully saturated rings. The summed E-state index contributed by atoms with van der Waals surface area (Å²) in [6, 6.07) is 3.60. The van der Waals surface area contributed by atoms with Gasteiger partial charge in [0.25, 0.3) is 5.89 Å². The van der Waals surface area contributed by atoms with E-state index in [-0.39, 0.29) is 12.4 Å². The second-order valence-corrected chi connectivity index (χ2v) is 3.29. The highest BCUT2D eigenvalue weighted by atomic mass is 35.5. The van der Waals surface area contributed by atoms with Crippen LogP contribution in [0.5, 0.6) is 0 Å². The Morgan fingerprint density at radius 3 is 2.87 bits per heavy atom. The second-order valence-electron chi connectivity index (χ2n) is 3.29. The first-order chi connectivity index (χ1) is 6.93. The summed E-state index contributed by atoms with van der Waals surface area (Å²) in [5.41, 5.74) is 0. The minimum atomic E-state index is 0. The van der Waals surface area contributed by atoms with Crippen LogP contribution in [-0.4, -0.2) is 23.2 Å². The van der Waals surface area contributed by atoms with Crippen LogP contribution in [0.3, 0.4) is 0 Å². The van der Waals surface area contributed by atoms with E-state index < -0.39 is 0 Å². The van der Waals surface area contributed by atoms with Gasteiger partial charge in [0, 0.05) is 19.0 Å². The number of rotatable bonds is 2. The molecule has 80 valence electrons. The molecule has 5 nitrogen and oxygen atoms in total. The Morgan fingerprint density at radius 1 is 1.40 bits per heavy atom. The summed E-state index contributed by atoms with van der Waals surface area (Å²) in [4.78, 5) is 4.26. The lowest BCUT2D eigenvalue weighted by atomic mass is 10.0. The van der Waals surface area contributed by atoms with Gasteiger partial charge < -0.3 is 14.3 Å². The quantitative estimate of drug-likeness (QED) is 0.841. The van der Waals surface area contributed by atoms with E-state index in [1.165, 1.54) is 0 Å². The molecule has 0 radical (unpaired) electrons. The van der Waals surface area contributed by atoms with Crippen LogP contribution in [0, 0.1) is 0 Å². The molecule has 1 aliphatic heterocycles. The van der Waals surface area contributed by atoms with Crippen molar-refractivity contribution in [2.24, 2.45) is 0 Å². The maximum Gasteiger partial charge on any atom is 0.293 e. The maximum atomic E-state index is 5.15. The van der Waals surface area contributed by atoms with E-state index in [1.54, 1.807) is 18.4 Å². The van der Waals surface area contributed by atoms with Gasteiger partial charge in [-0.25, -0.2) is 0 Å². The number of halogens is 1. The molecule has 15 heavy (non-hydrogen) atoms. The highest BCUT2D eigenvalue weighted by Gasteiger charge is 2.24. The van der Waals surface area contributed by atoms with Gasteiger partial charge in [0.2, 0.25) is 0 Å². The Morgan fingerprint density at radius 2 is 2.27 bits per heavy atom. The van der Waals surface area contributed by atoms with Crippen molar-refractivity contribution in [1.29, 1.82) is 0 Å². The molecule has 0 bridgehead atoms. The molecule has 1 N–H and O–H groups in total. The molecule has 0 amide bonds. The maximum absolute atomic E-state index is 5.15. The Kier molecular flexibility index (Phi) is 2.75. The molecule has 0 aliphatic carbocycles. The van der Waals surface area contributed by atoms with Gasteiger partial charge in [0.05, 0.1) is 6.26 Å². The number of nitrogens with one attached hydrogen (secondary N) is 1. The van der Waals surface area contributed by atoms with Crippen LogP contribution in [0.1, 0.15) is 11.7 Å². The van der Waals surface area contributed by atoms with E-state index in [2.05, 4.69) is 15.5 Å². The average molecular weight is 228 g/mol. The van der Waals surface area contributed by atoms with Gasteiger partial charge in [-0.1, -0.05) is 5.16 Å². The largest absolute Gasteiger partial charge is 0.459 e. The SMILES string of the molecule is Cl.c1coc(-c2nc(C3CNC3)no2)c1. The van der Waals surface area contributed by atoms with Crippen molar-refractivity contribution in [3.63, 3.8) is 0 Å². The van der Waals surface area contributed by atoms with Crippen molar-refractivity contribution in [3.8, 4) is 11.7 Å². The zero-order valence-corrected chi connectivity index (χ0v) is 8.66. The molecule has 2 aromatic heterocycles. The van der Waals surface area contributed by atoms with Gasteiger partial charge in [0.15, 0.2) is 11.6 Å². The fourth-order valence-electron chi connectivity index (χ4n) is 1.37. The van der Waals surface area contributed by atoms with Gasteiger partial charge in [-0.3, -0.25) is 0 Å². The minimum Gasteiger partial charge on any atom is -0.459 e. The van der Waals surface area contributed by atoms with Crippen molar-refractivity contribution in [3.05, 3.63) is 24.2 Å². The summed E-state index contributed by atoms with van der Waals surface area (Å²) >= 11 is 0. The molecule has 0 atom stereocenters. The second kappa shape index (κ2) is 4.04. The molecule has 0 aromatic carbocycles. The third kappa shape index (κ3) is 1.75. The molecule has 1 aliphatic rings. The lowest BCUT2D eigenvalue weighted by Gasteiger charge is -2.23. The summed E-state index contributed by atoms with van der Waals surface area (Å²) < 4.78 is 10.2. The predicted octanol–water partition coefficient (Wildman–Crippen LogP) is 1.44. The van der Waals surface area contributed by atoms with Crippen LogP contribution in [0.4, 0.5) is 0 Å². The van der Waals surface area contributed by atoms with Crippen LogP contribution < -0.4 is 5.32 Å². The number of hydrogen-bond donors (Lipinski definition) is 1. The Balaban J connectivity index is 0.000000853. The van der Waals surface area contributed by atoms with Crippen molar-refractivity contribution in [2.45, 2.75) is 5.92 Å². The van der Waals surface area contributed by atoms with E-state index in [0.29, 0.717) is 17.6 Å². The monoisotopic (exact) mass is 227 g/mol. The van der Waals surface area contributed by atoms with Crippen LogP contribution in [0.25, 0.3) is 11.7 Å². The van der Waals surface area contributed by atoms with Crippen molar-refractivity contribution >= 4 is 12.4 Å². The van der Waals surface area contributed by atoms with Crippen LogP contribution in [0.15, 0.2) is 27.3 Å². The number of nitrogens with zero attached hydrogens (tertiary/aromatic N) is 2. The smallest absolute Gasteiger partial charge is 0.293 e. The van der Waals surface area contributed by atoms with Crippen molar-refractivity contribution in [2.75, 3.05) is 13.1 Å². The highest BCUT2D eigenvalue weighted by Crippen LogP contribution is 2.22. The van der Waals surface area contributed by atoms with Gasteiger partial charge in [-0.2, -0.15) is 4.98 Å². The Labute approximate surface area is 92.3 Å². The van der Waals surface area contributed by atoms with Gasteiger partial charge in [0.1, 0.15) is 0 Å². The standard InChI is InChI=1S/C9H9N3O2.ClH/c1-2-7(13-3-1)9-11-8(12-14-9)6-4-10-5-6;/h1-3,6,10H,4-5H2;1H. The number of furan rings is 1. The van der Waals surface area contributed by atoms with E-state index in [4.69, 9.17) is 8.94 Å². The normalized spacial score (nSPS) is 15.7. The van der Waals surface area contributed by atoms with Crippen molar-refractivity contribution in [1.82, 2.24) is 15.5 Å². The fourth-order valence-corrected chi connectivity index (χ4v) is 1.37. The fraction of sp³-hybridized carbons (Fsp3) is 0.333. The Hall–Kier alpha value is -1.33. The summed E-state index contributed by atoms with van der Waals surface area (Å²) in [7, 11) is 0. The number of aromatic nitrogens is 2. The third-order valence-corrected chi connectivity index (χ3v) is 2.32. The first-order valence-electron chi connectivity index (χ1n) is 4.51. The van der Waals surface area contributed by atoms with Gasteiger partial charge in [-0.05, 0) is 12.1 Å². The molecule has 3 heterocycles. The summed E-state index contributed by atoms with van der Waals surface area (Å²) in [5.74, 6) is 2.23. The lowest BCUT2D eigenvalue weighted by molar-refractivity contribution is 0.377. The molecule has 0 unspecified atom stereocenters. The van der Waals surface area contributed by atoms with Gasteiger partial charge >= 0.3 is 0 Å². The molecule has 0 saturated carbocycles. The first kappa shape index (κ1) is 10.2. The van der Waals surface area contributed by atoms with Crippen LogP contribution >= 0.6 is 12.4 Å². The number of hydrogen-bond acceptors (Lipinski definition) is 5. The zero-order chi connectivity index (χ0) is 9.38. The zero-order valence-electron chi connectivity index (χ0n) is 7.84. The van der Waals surface area contributed by atoms with Gasteiger partial charge in [-0.15, -0.1) is 12.4 Å². The molecular weight excluding hydrogens is 218 g/mol. The van der Waals surface area contributed by atoms with Crippen molar-refractivity contribution < 1.29 is 8.94 Å². The molecule has 6 heteroatoms. The molecule has 0 spiro atoms. The highest BCUT2D eigenvalue weighted by molar-refractivity contribution is 5.85. The molecule has 3 rings (SSSR count). The van der Waals surface area contributed by atoms with E-state index in [9.17, 15) is 0 Å². The summed E-state index contributed by atoms with van der Waals surface area (Å²) in [5, 5.41) is 7.07. The molecule has 1 saturated heterocycles. The summed E-state index contributed by atoms with van der Waals surface area (Å²) in [6.45, 7) is 1.86. The van der Waals surface area contributed by atoms with Crippen LogP contribution in [0.2, 0.25) is 0 Å². The van der Waals surface area contributed by atoms with E-state index >= 15 is 0 Å². The summed E-state index contributed by atoms with van der Waals surface area (Å²) in [6.07, 6.45) is 1.59.